The number of nitrogens with one attached hydrogen (secondary N) is 1. The van der Waals surface area contributed by atoms with E-state index in [9.17, 15) is 0 Å². The molecule has 0 fully saturated rings. The molecule has 0 aliphatic carbocycles. The van der Waals surface area contributed by atoms with E-state index in [1.807, 2.05) is 19.2 Å². The first kappa shape index (κ1) is 15.3. The molecule has 0 bridgehead atoms. The van der Waals surface area contributed by atoms with Crippen molar-refractivity contribution >= 4 is 11.0 Å². The second-order valence-corrected chi connectivity index (χ2v) is 5.94. The molecule has 1 aromatic carbocycles. The highest BCUT2D eigenvalue weighted by atomic mass is 15.1. The fourth-order valence-electron chi connectivity index (χ4n) is 2.74. The number of aromatic nitrogens is 3. The fraction of sp³-hybridized carbons (Fsp3) is 0.263. The molecular weight excluding hydrogens is 284 g/mol. The molecule has 4 heteroatoms. The highest BCUT2D eigenvalue weighted by Gasteiger charge is 2.24. The number of hydrogen-bond acceptors (Lipinski definition) is 3. The lowest BCUT2D eigenvalue weighted by atomic mass is 9.79. The summed E-state index contributed by atoms with van der Waals surface area (Å²) in [4.78, 5) is 4.30. The standard InChI is InChI=1S/C19H20N4/c1-3-4-9-19(2,13-20)15-7-5-6-14(11-15)16-8-10-21-18-17(16)12-22-23-18/h5-8,10-12H,9,13,20H2,1-2H3,(H,21,22,23)/t19-/m0/s1. The molecule has 116 valence electrons. The second-order valence-electron chi connectivity index (χ2n) is 5.94. The fourth-order valence-corrected chi connectivity index (χ4v) is 2.74. The van der Waals surface area contributed by atoms with Crippen molar-refractivity contribution in [2.24, 2.45) is 5.73 Å². The lowest BCUT2D eigenvalue weighted by molar-refractivity contribution is 0.498. The lowest BCUT2D eigenvalue weighted by Crippen LogP contribution is -2.31. The normalized spacial score (nSPS) is 13.3. The van der Waals surface area contributed by atoms with Gasteiger partial charge in [-0.15, -0.1) is 11.8 Å². The van der Waals surface area contributed by atoms with Crippen LogP contribution in [0.1, 0.15) is 25.8 Å². The highest BCUT2D eigenvalue weighted by Crippen LogP contribution is 2.32. The molecule has 23 heavy (non-hydrogen) atoms. The lowest BCUT2D eigenvalue weighted by Gasteiger charge is -2.27. The number of hydrogen-bond donors (Lipinski definition) is 2. The van der Waals surface area contributed by atoms with E-state index >= 15 is 0 Å². The molecule has 2 aromatic heterocycles. The summed E-state index contributed by atoms with van der Waals surface area (Å²) in [6.07, 6.45) is 4.36. The monoisotopic (exact) mass is 304 g/mol. The van der Waals surface area contributed by atoms with E-state index in [4.69, 9.17) is 5.73 Å². The first-order valence-corrected chi connectivity index (χ1v) is 7.66. The van der Waals surface area contributed by atoms with Gasteiger partial charge in [0.25, 0.3) is 0 Å². The van der Waals surface area contributed by atoms with Crippen molar-refractivity contribution in [2.45, 2.75) is 25.7 Å². The van der Waals surface area contributed by atoms with Crippen molar-refractivity contribution in [1.29, 1.82) is 0 Å². The van der Waals surface area contributed by atoms with E-state index in [1.54, 1.807) is 6.20 Å². The Morgan fingerprint density at radius 2 is 2.17 bits per heavy atom. The average molecular weight is 304 g/mol. The summed E-state index contributed by atoms with van der Waals surface area (Å²) in [6, 6.07) is 10.5. The van der Waals surface area contributed by atoms with E-state index in [0.29, 0.717) is 6.54 Å². The molecule has 0 amide bonds. The number of nitrogens with zero attached hydrogens (tertiary/aromatic N) is 2. The Morgan fingerprint density at radius 3 is 2.96 bits per heavy atom. The quantitative estimate of drug-likeness (QED) is 0.727. The number of benzene rings is 1. The zero-order valence-corrected chi connectivity index (χ0v) is 13.4. The van der Waals surface area contributed by atoms with Gasteiger partial charge in [-0.2, -0.15) is 5.10 Å². The van der Waals surface area contributed by atoms with Gasteiger partial charge in [0.05, 0.1) is 6.20 Å². The van der Waals surface area contributed by atoms with Crippen molar-refractivity contribution in [1.82, 2.24) is 15.2 Å². The zero-order chi connectivity index (χ0) is 16.3. The molecule has 0 saturated heterocycles. The zero-order valence-electron chi connectivity index (χ0n) is 13.4. The Kier molecular flexibility index (Phi) is 4.14. The third-order valence-corrected chi connectivity index (χ3v) is 4.33. The maximum absolute atomic E-state index is 6.05. The van der Waals surface area contributed by atoms with Gasteiger partial charge >= 0.3 is 0 Å². The maximum Gasteiger partial charge on any atom is 0.155 e. The minimum absolute atomic E-state index is 0.151. The SMILES string of the molecule is CC#CC[C@@](C)(CN)c1cccc(-c2ccnc3[nH]ncc23)c1. The van der Waals surface area contributed by atoms with Crippen molar-refractivity contribution in [3.63, 3.8) is 0 Å². The van der Waals surface area contributed by atoms with Crippen molar-refractivity contribution in [3.05, 3.63) is 48.3 Å². The number of nitrogens with two attached hydrogens (primary N) is 1. The molecule has 0 spiro atoms. The molecule has 2 heterocycles. The van der Waals surface area contributed by atoms with Crippen LogP contribution in [0.2, 0.25) is 0 Å². The molecule has 1 atom stereocenters. The van der Waals surface area contributed by atoms with E-state index in [0.717, 1.165) is 28.6 Å². The summed E-state index contributed by atoms with van der Waals surface area (Å²) in [5.74, 6) is 6.14. The Balaban J connectivity index is 2.09. The molecular formula is C19H20N4. The van der Waals surface area contributed by atoms with Gasteiger partial charge in [-0.25, -0.2) is 4.98 Å². The molecule has 0 aliphatic rings. The summed E-state index contributed by atoms with van der Waals surface area (Å²) in [5, 5.41) is 8.02. The van der Waals surface area contributed by atoms with Gasteiger partial charge in [0.1, 0.15) is 0 Å². The van der Waals surface area contributed by atoms with E-state index in [-0.39, 0.29) is 5.41 Å². The minimum Gasteiger partial charge on any atom is -0.330 e. The van der Waals surface area contributed by atoms with E-state index in [2.05, 4.69) is 58.2 Å². The average Bonchev–Trinajstić information content (AvgIpc) is 3.08. The third kappa shape index (κ3) is 2.84. The van der Waals surface area contributed by atoms with E-state index in [1.165, 1.54) is 5.56 Å². The molecule has 3 N–H and O–H groups in total. The Hall–Kier alpha value is -2.64. The van der Waals surface area contributed by atoms with Gasteiger partial charge < -0.3 is 5.73 Å². The van der Waals surface area contributed by atoms with Gasteiger partial charge in [-0.3, -0.25) is 5.10 Å². The maximum atomic E-state index is 6.05. The van der Waals surface area contributed by atoms with Crippen LogP contribution in [0, 0.1) is 11.8 Å². The molecule has 4 nitrogen and oxygen atoms in total. The molecule has 0 radical (unpaired) electrons. The van der Waals surface area contributed by atoms with Crippen LogP contribution in [0.3, 0.4) is 0 Å². The van der Waals surface area contributed by atoms with Crippen LogP contribution in [-0.4, -0.2) is 21.7 Å². The third-order valence-electron chi connectivity index (χ3n) is 4.33. The summed E-state index contributed by atoms with van der Waals surface area (Å²) >= 11 is 0. The van der Waals surface area contributed by atoms with Gasteiger partial charge in [0.15, 0.2) is 5.65 Å². The summed E-state index contributed by atoms with van der Waals surface area (Å²) in [6.45, 7) is 4.58. The van der Waals surface area contributed by atoms with Crippen LogP contribution >= 0.6 is 0 Å². The predicted octanol–water partition coefficient (Wildman–Crippen LogP) is 3.25. The number of fused-ring (bicyclic) bond motifs is 1. The number of H-pyrrole nitrogens is 1. The van der Waals surface area contributed by atoms with E-state index < -0.39 is 0 Å². The van der Waals surface area contributed by atoms with Crippen LogP contribution in [0.25, 0.3) is 22.2 Å². The summed E-state index contributed by atoms with van der Waals surface area (Å²) in [5.41, 5.74) is 10.2. The largest absolute Gasteiger partial charge is 0.330 e. The molecule has 0 saturated carbocycles. The molecule has 0 unspecified atom stereocenters. The van der Waals surface area contributed by atoms with Crippen LogP contribution in [0.5, 0.6) is 0 Å². The molecule has 3 rings (SSSR count). The van der Waals surface area contributed by atoms with Gasteiger partial charge in [-0.1, -0.05) is 31.2 Å². The van der Waals surface area contributed by atoms with Gasteiger partial charge in [0.2, 0.25) is 0 Å². The van der Waals surface area contributed by atoms with Crippen molar-refractivity contribution in [3.8, 4) is 23.0 Å². The van der Waals surface area contributed by atoms with Crippen molar-refractivity contribution < 1.29 is 0 Å². The Labute approximate surface area is 136 Å². The predicted molar refractivity (Wildman–Crippen MR) is 93.8 cm³/mol. The molecule has 3 aromatic rings. The van der Waals surface area contributed by atoms with Gasteiger partial charge in [-0.05, 0) is 29.7 Å². The number of pyridine rings is 1. The van der Waals surface area contributed by atoms with Crippen molar-refractivity contribution in [2.75, 3.05) is 6.54 Å². The Morgan fingerprint density at radius 1 is 1.30 bits per heavy atom. The van der Waals surface area contributed by atoms with Crippen LogP contribution < -0.4 is 5.73 Å². The van der Waals surface area contributed by atoms with Crippen LogP contribution in [0.4, 0.5) is 0 Å². The number of rotatable bonds is 4. The number of aromatic amines is 1. The topological polar surface area (TPSA) is 67.6 Å². The second kappa shape index (κ2) is 6.23. The van der Waals surface area contributed by atoms with Crippen LogP contribution in [0.15, 0.2) is 42.7 Å². The minimum atomic E-state index is -0.151. The first-order valence-electron chi connectivity index (χ1n) is 7.66. The first-order chi connectivity index (χ1) is 11.2. The van der Waals surface area contributed by atoms with Crippen LogP contribution in [-0.2, 0) is 5.41 Å². The van der Waals surface area contributed by atoms with Gasteiger partial charge in [0, 0.05) is 30.0 Å². The summed E-state index contributed by atoms with van der Waals surface area (Å²) in [7, 11) is 0. The molecule has 0 aliphatic heterocycles. The highest BCUT2D eigenvalue weighted by molar-refractivity contribution is 5.92. The summed E-state index contributed by atoms with van der Waals surface area (Å²) < 4.78 is 0. The smallest absolute Gasteiger partial charge is 0.155 e. The Bertz CT molecular complexity index is 885.